The molecule has 0 aliphatic carbocycles. The van der Waals surface area contributed by atoms with E-state index in [0.29, 0.717) is 12.5 Å². The number of quaternary nitrogens is 1. The molecule has 1 unspecified atom stereocenters. The van der Waals surface area contributed by atoms with E-state index in [1.165, 1.54) is 5.56 Å². The van der Waals surface area contributed by atoms with Crippen LogP contribution in [0.1, 0.15) is 35.7 Å². The van der Waals surface area contributed by atoms with Gasteiger partial charge >= 0.3 is 0 Å². The first-order valence-electron chi connectivity index (χ1n) is 7.71. The number of carbonyl (C=O) groups is 1. The van der Waals surface area contributed by atoms with E-state index in [2.05, 4.69) is 36.5 Å². The lowest BCUT2D eigenvalue weighted by molar-refractivity contribution is -0.685. The maximum absolute atomic E-state index is 12.0. The molecule has 0 aromatic heterocycles. The molecule has 0 bridgehead atoms. The van der Waals surface area contributed by atoms with Crippen LogP contribution in [-0.2, 0) is 6.42 Å². The van der Waals surface area contributed by atoms with Gasteiger partial charge < -0.3 is 17.7 Å². The highest BCUT2D eigenvalue weighted by atomic mass is 35.5. The Morgan fingerprint density at radius 3 is 2.23 bits per heavy atom. The minimum atomic E-state index is 0. The highest BCUT2D eigenvalue weighted by Crippen LogP contribution is 2.04. The molecule has 0 aliphatic rings. The van der Waals surface area contributed by atoms with E-state index >= 15 is 0 Å². The van der Waals surface area contributed by atoms with E-state index in [-0.39, 0.29) is 18.2 Å². The molecule has 3 heteroatoms. The third-order valence-corrected chi connectivity index (χ3v) is 3.67. The second-order valence-corrected chi connectivity index (χ2v) is 5.58. The smallest absolute Gasteiger partial charge is 0.163 e. The number of nitrogens with two attached hydrogens (primary N) is 1. The summed E-state index contributed by atoms with van der Waals surface area (Å²) in [5.74, 6) is 0.250. The van der Waals surface area contributed by atoms with Crippen LogP contribution in [0.4, 0.5) is 0 Å². The van der Waals surface area contributed by atoms with Crippen LogP contribution in [0.25, 0.3) is 0 Å². The second kappa shape index (κ2) is 10.1. The molecule has 22 heavy (non-hydrogen) atoms. The molecule has 2 N–H and O–H groups in total. The quantitative estimate of drug-likeness (QED) is 0.533. The maximum Gasteiger partial charge on any atom is 0.163 e. The maximum atomic E-state index is 12.0. The molecule has 0 spiro atoms. The molecule has 0 saturated heterocycles. The Hall–Kier alpha value is -1.64. The first-order valence-corrected chi connectivity index (χ1v) is 7.71. The molecule has 0 aliphatic heterocycles. The van der Waals surface area contributed by atoms with Crippen molar-refractivity contribution in [2.75, 3.05) is 6.54 Å². The summed E-state index contributed by atoms with van der Waals surface area (Å²) in [6.07, 6.45) is 2.65. The fraction of sp³-hybridized carbons (Fsp3) is 0.316. The van der Waals surface area contributed by atoms with Crippen molar-refractivity contribution in [3.8, 4) is 0 Å². The SMILES string of the molecule is CC(Cc1ccccc1)[NH2+]CCCC(=O)c1ccccc1.[Cl-]. The first kappa shape index (κ1) is 18.4. The average molecular weight is 318 g/mol. The molecule has 0 saturated carbocycles. The Labute approximate surface area is 139 Å². The number of benzene rings is 2. The van der Waals surface area contributed by atoms with Crippen molar-refractivity contribution in [2.45, 2.75) is 32.2 Å². The van der Waals surface area contributed by atoms with Gasteiger partial charge in [-0.3, -0.25) is 4.79 Å². The second-order valence-electron chi connectivity index (χ2n) is 5.58. The number of ketones is 1. The zero-order chi connectivity index (χ0) is 14.9. The Balaban J connectivity index is 0.00000242. The third kappa shape index (κ3) is 6.42. The van der Waals surface area contributed by atoms with E-state index in [0.717, 1.165) is 24.9 Å². The average Bonchev–Trinajstić information content (AvgIpc) is 2.53. The van der Waals surface area contributed by atoms with E-state index in [9.17, 15) is 4.79 Å². The van der Waals surface area contributed by atoms with Crippen molar-refractivity contribution in [1.82, 2.24) is 0 Å². The molecular formula is C19H24ClNO. The standard InChI is InChI=1S/C19H23NO.ClH/c1-16(15-17-9-4-2-5-10-17)20-14-8-13-19(21)18-11-6-3-7-12-18;/h2-7,9-12,16,20H,8,13-15H2,1H3;1H. The predicted molar refractivity (Wildman–Crippen MR) is 86.4 cm³/mol. The monoisotopic (exact) mass is 317 g/mol. The van der Waals surface area contributed by atoms with Crippen molar-refractivity contribution < 1.29 is 22.5 Å². The molecule has 0 fully saturated rings. The van der Waals surface area contributed by atoms with Crippen LogP contribution >= 0.6 is 0 Å². The summed E-state index contributed by atoms with van der Waals surface area (Å²) in [5, 5.41) is 2.34. The van der Waals surface area contributed by atoms with Gasteiger partial charge in [0.15, 0.2) is 5.78 Å². The largest absolute Gasteiger partial charge is 1.00 e. The van der Waals surface area contributed by atoms with Gasteiger partial charge in [-0.15, -0.1) is 0 Å². The molecular weight excluding hydrogens is 294 g/mol. The summed E-state index contributed by atoms with van der Waals surface area (Å²) in [5.41, 5.74) is 2.21. The lowest BCUT2D eigenvalue weighted by atomic mass is 10.1. The molecule has 0 amide bonds. The Kier molecular flexibility index (Phi) is 8.49. The minimum absolute atomic E-state index is 0. The predicted octanol–water partition coefficient (Wildman–Crippen LogP) is -0.152. The van der Waals surface area contributed by atoms with Crippen LogP contribution in [0.3, 0.4) is 0 Å². The lowest BCUT2D eigenvalue weighted by Crippen LogP contribution is -3.00. The normalized spacial score (nSPS) is 11.5. The number of carbonyl (C=O) groups excluding carboxylic acids is 1. The third-order valence-electron chi connectivity index (χ3n) is 3.67. The molecule has 2 aromatic rings. The van der Waals surface area contributed by atoms with Crippen molar-refractivity contribution in [3.05, 3.63) is 71.8 Å². The summed E-state index contributed by atoms with van der Waals surface area (Å²) in [6.45, 7) is 3.25. The zero-order valence-corrected chi connectivity index (χ0v) is 13.8. The number of hydrogen-bond donors (Lipinski definition) is 1. The molecule has 118 valence electrons. The molecule has 2 nitrogen and oxygen atoms in total. The van der Waals surface area contributed by atoms with Crippen LogP contribution in [-0.4, -0.2) is 18.4 Å². The summed E-state index contributed by atoms with van der Waals surface area (Å²) in [6, 6.07) is 20.7. The fourth-order valence-electron chi connectivity index (χ4n) is 2.50. The fourth-order valence-corrected chi connectivity index (χ4v) is 2.50. The van der Waals surface area contributed by atoms with Crippen molar-refractivity contribution >= 4 is 5.78 Å². The van der Waals surface area contributed by atoms with E-state index in [4.69, 9.17) is 0 Å². The summed E-state index contributed by atoms with van der Waals surface area (Å²) < 4.78 is 0. The topological polar surface area (TPSA) is 33.7 Å². The minimum Gasteiger partial charge on any atom is -1.00 e. The summed E-state index contributed by atoms with van der Waals surface area (Å²) >= 11 is 0. The first-order chi connectivity index (χ1) is 10.3. The van der Waals surface area contributed by atoms with E-state index in [1.807, 2.05) is 36.4 Å². The number of rotatable bonds is 8. The molecule has 2 aromatic carbocycles. The number of halogens is 1. The highest BCUT2D eigenvalue weighted by Gasteiger charge is 2.08. The van der Waals surface area contributed by atoms with Crippen LogP contribution in [0.2, 0.25) is 0 Å². The Morgan fingerprint density at radius 2 is 1.59 bits per heavy atom. The molecule has 2 rings (SSSR count). The van der Waals surface area contributed by atoms with Crippen molar-refractivity contribution in [2.24, 2.45) is 0 Å². The van der Waals surface area contributed by atoms with Gasteiger partial charge in [0, 0.05) is 24.8 Å². The molecule has 0 radical (unpaired) electrons. The summed E-state index contributed by atoms with van der Waals surface area (Å²) in [7, 11) is 0. The van der Waals surface area contributed by atoms with Gasteiger partial charge in [0.1, 0.15) is 0 Å². The summed E-state index contributed by atoms with van der Waals surface area (Å²) in [4.78, 5) is 12.0. The number of hydrogen-bond acceptors (Lipinski definition) is 1. The van der Waals surface area contributed by atoms with Gasteiger partial charge in [-0.25, -0.2) is 0 Å². The van der Waals surface area contributed by atoms with E-state index < -0.39 is 0 Å². The zero-order valence-electron chi connectivity index (χ0n) is 13.0. The van der Waals surface area contributed by atoms with Gasteiger partial charge in [0.2, 0.25) is 0 Å². The van der Waals surface area contributed by atoms with Crippen LogP contribution in [0.15, 0.2) is 60.7 Å². The van der Waals surface area contributed by atoms with Crippen molar-refractivity contribution in [1.29, 1.82) is 0 Å². The van der Waals surface area contributed by atoms with Crippen LogP contribution in [0.5, 0.6) is 0 Å². The van der Waals surface area contributed by atoms with Gasteiger partial charge in [0.05, 0.1) is 12.6 Å². The molecule has 0 heterocycles. The Morgan fingerprint density at radius 1 is 1.00 bits per heavy atom. The van der Waals surface area contributed by atoms with Gasteiger partial charge in [-0.1, -0.05) is 60.7 Å². The van der Waals surface area contributed by atoms with Gasteiger partial charge in [0.25, 0.3) is 0 Å². The van der Waals surface area contributed by atoms with Gasteiger partial charge in [-0.05, 0) is 12.5 Å². The Bertz CT molecular complexity index is 542. The molecule has 1 atom stereocenters. The van der Waals surface area contributed by atoms with Crippen LogP contribution < -0.4 is 17.7 Å². The van der Waals surface area contributed by atoms with E-state index in [1.54, 1.807) is 0 Å². The highest BCUT2D eigenvalue weighted by molar-refractivity contribution is 5.95. The van der Waals surface area contributed by atoms with Crippen molar-refractivity contribution in [3.63, 3.8) is 0 Å². The number of Topliss-reactive ketones (excluding diaryl/α,β-unsaturated/α-hetero) is 1. The van der Waals surface area contributed by atoms with Gasteiger partial charge in [-0.2, -0.15) is 0 Å². The lowest BCUT2D eigenvalue weighted by Gasteiger charge is -2.10. The van der Waals surface area contributed by atoms with Crippen LogP contribution in [0, 0.1) is 0 Å².